The third kappa shape index (κ3) is 3.37. The molecule has 0 spiro atoms. The maximum Gasteiger partial charge on any atom is 0.193 e. The molecule has 21 heavy (non-hydrogen) atoms. The van der Waals surface area contributed by atoms with E-state index in [9.17, 15) is 0 Å². The number of ether oxygens (including phenoxy) is 1. The fourth-order valence-corrected chi connectivity index (χ4v) is 2.89. The van der Waals surface area contributed by atoms with Crippen LogP contribution in [-0.4, -0.2) is 53.9 Å². The lowest BCUT2D eigenvalue weighted by atomic mass is 10.1. The molecule has 1 N–H and O–H groups in total. The molecular weight excluding hydrogens is 266 g/mol. The lowest BCUT2D eigenvalue weighted by Crippen LogP contribution is -2.48. The monoisotopic (exact) mass is 291 g/mol. The van der Waals surface area contributed by atoms with Crippen LogP contribution >= 0.6 is 0 Å². The summed E-state index contributed by atoms with van der Waals surface area (Å²) in [6.07, 6.45) is 5.32. The summed E-state index contributed by atoms with van der Waals surface area (Å²) in [7, 11) is 3.79. The van der Waals surface area contributed by atoms with Gasteiger partial charge in [0.05, 0.1) is 19.3 Å². The van der Waals surface area contributed by atoms with E-state index in [0.717, 1.165) is 49.6 Å². The summed E-state index contributed by atoms with van der Waals surface area (Å²) in [6.45, 7) is 5.77. The maximum atomic E-state index is 5.88. The molecule has 6 heteroatoms. The first-order valence-corrected chi connectivity index (χ1v) is 7.73. The first-order chi connectivity index (χ1) is 10.2. The Bertz CT molecular complexity index is 512. The number of aliphatic imine (C=N–C) groups is 1. The van der Waals surface area contributed by atoms with E-state index < -0.39 is 0 Å². The summed E-state index contributed by atoms with van der Waals surface area (Å²) in [4.78, 5) is 6.71. The molecule has 116 valence electrons. The van der Waals surface area contributed by atoms with Crippen molar-refractivity contribution >= 4 is 5.96 Å². The Morgan fingerprint density at radius 1 is 1.57 bits per heavy atom. The molecule has 3 unspecified atom stereocenters. The molecule has 3 rings (SSSR count). The van der Waals surface area contributed by atoms with Crippen LogP contribution in [0.2, 0.25) is 0 Å². The van der Waals surface area contributed by atoms with Crippen LogP contribution in [0.1, 0.15) is 25.0 Å². The van der Waals surface area contributed by atoms with Gasteiger partial charge in [-0.1, -0.05) is 6.92 Å². The number of rotatable bonds is 3. The van der Waals surface area contributed by atoms with Crippen LogP contribution in [0.5, 0.6) is 0 Å². The molecule has 0 amide bonds. The molecule has 0 aromatic carbocycles. The zero-order valence-electron chi connectivity index (χ0n) is 13.1. The van der Waals surface area contributed by atoms with Crippen molar-refractivity contribution in [1.82, 2.24) is 20.0 Å². The van der Waals surface area contributed by atoms with Crippen LogP contribution < -0.4 is 5.32 Å². The molecular formula is C15H25N5O. The van der Waals surface area contributed by atoms with Crippen LogP contribution in [0.25, 0.3) is 0 Å². The van der Waals surface area contributed by atoms with Gasteiger partial charge in [-0.2, -0.15) is 5.10 Å². The van der Waals surface area contributed by atoms with Gasteiger partial charge in [0.2, 0.25) is 0 Å². The largest absolute Gasteiger partial charge is 0.370 e. The highest BCUT2D eigenvalue weighted by Gasteiger charge is 2.33. The van der Waals surface area contributed by atoms with Crippen molar-refractivity contribution in [1.29, 1.82) is 0 Å². The first kappa shape index (κ1) is 14.4. The lowest BCUT2D eigenvalue weighted by molar-refractivity contribution is -0.00803. The standard InChI is InChI=1S/C15H25N5O/c1-11-6-12(11)7-17-15(16-2)20-4-5-21-14(10-20)13-8-18-19(3)9-13/h8-9,11-12,14H,4-7,10H2,1-3H3,(H,16,17). The van der Waals surface area contributed by atoms with E-state index in [1.54, 1.807) is 0 Å². The topological polar surface area (TPSA) is 54.7 Å². The SMILES string of the molecule is CN=C(NCC1CC1C)N1CCOC(c2cnn(C)c2)C1. The Morgan fingerprint density at radius 3 is 3.00 bits per heavy atom. The molecule has 0 radical (unpaired) electrons. The molecule has 1 aliphatic carbocycles. The molecule has 1 aromatic rings. The van der Waals surface area contributed by atoms with Gasteiger partial charge in [-0.3, -0.25) is 9.67 Å². The molecule has 2 fully saturated rings. The van der Waals surface area contributed by atoms with Gasteiger partial charge >= 0.3 is 0 Å². The second kappa shape index (κ2) is 6.05. The van der Waals surface area contributed by atoms with E-state index in [2.05, 4.69) is 27.2 Å². The van der Waals surface area contributed by atoms with Crippen molar-refractivity contribution in [3.05, 3.63) is 18.0 Å². The number of hydrogen-bond donors (Lipinski definition) is 1. The number of nitrogens with zero attached hydrogens (tertiary/aromatic N) is 4. The minimum Gasteiger partial charge on any atom is -0.370 e. The number of guanidine groups is 1. The summed E-state index contributed by atoms with van der Waals surface area (Å²) in [5.74, 6) is 2.67. The smallest absolute Gasteiger partial charge is 0.193 e. The third-order valence-corrected chi connectivity index (χ3v) is 4.47. The Balaban J connectivity index is 1.58. The van der Waals surface area contributed by atoms with Gasteiger partial charge in [0.15, 0.2) is 5.96 Å². The van der Waals surface area contributed by atoms with Crippen molar-refractivity contribution in [2.45, 2.75) is 19.4 Å². The van der Waals surface area contributed by atoms with Gasteiger partial charge in [-0.25, -0.2) is 0 Å². The second-order valence-electron chi connectivity index (χ2n) is 6.15. The zero-order chi connectivity index (χ0) is 14.8. The fourth-order valence-electron chi connectivity index (χ4n) is 2.89. The molecule has 3 atom stereocenters. The van der Waals surface area contributed by atoms with Crippen molar-refractivity contribution in [2.75, 3.05) is 33.3 Å². The summed E-state index contributed by atoms with van der Waals surface area (Å²) >= 11 is 0. The highest BCUT2D eigenvalue weighted by Crippen LogP contribution is 2.36. The molecule has 6 nitrogen and oxygen atoms in total. The summed E-state index contributed by atoms with van der Waals surface area (Å²) in [5.41, 5.74) is 1.13. The van der Waals surface area contributed by atoms with Gasteiger partial charge in [0.1, 0.15) is 6.10 Å². The van der Waals surface area contributed by atoms with Gasteiger partial charge in [0, 0.05) is 38.9 Å². The normalized spacial score (nSPS) is 29.6. The molecule has 1 saturated carbocycles. The van der Waals surface area contributed by atoms with Gasteiger partial charge in [-0.05, 0) is 18.3 Å². The van der Waals surface area contributed by atoms with E-state index in [1.807, 2.05) is 31.2 Å². The molecule has 2 heterocycles. The summed E-state index contributed by atoms with van der Waals surface area (Å²) < 4.78 is 7.70. The molecule has 1 saturated heterocycles. The predicted molar refractivity (Wildman–Crippen MR) is 82.1 cm³/mol. The Morgan fingerprint density at radius 2 is 2.38 bits per heavy atom. The Kier molecular flexibility index (Phi) is 4.14. The number of aryl methyl sites for hydroxylation is 1. The second-order valence-corrected chi connectivity index (χ2v) is 6.15. The van der Waals surface area contributed by atoms with E-state index in [4.69, 9.17) is 4.74 Å². The minimum absolute atomic E-state index is 0.0749. The zero-order valence-corrected chi connectivity index (χ0v) is 13.1. The van der Waals surface area contributed by atoms with Crippen LogP contribution in [0, 0.1) is 11.8 Å². The summed E-state index contributed by atoms with van der Waals surface area (Å²) in [5, 5.41) is 7.74. The molecule has 0 bridgehead atoms. The van der Waals surface area contributed by atoms with Crippen LogP contribution in [0.4, 0.5) is 0 Å². The first-order valence-electron chi connectivity index (χ1n) is 7.73. The Labute approximate surface area is 126 Å². The molecule has 2 aliphatic rings. The summed E-state index contributed by atoms with van der Waals surface area (Å²) in [6, 6.07) is 0. The number of hydrogen-bond acceptors (Lipinski definition) is 3. The highest BCUT2D eigenvalue weighted by atomic mass is 16.5. The van der Waals surface area contributed by atoms with Crippen molar-refractivity contribution in [3.8, 4) is 0 Å². The third-order valence-electron chi connectivity index (χ3n) is 4.47. The number of morpholine rings is 1. The Hall–Kier alpha value is -1.56. The van der Waals surface area contributed by atoms with Crippen molar-refractivity contribution < 1.29 is 4.74 Å². The van der Waals surface area contributed by atoms with Crippen molar-refractivity contribution in [3.63, 3.8) is 0 Å². The quantitative estimate of drug-likeness (QED) is 0.667. The van der Waals surface area contributed by atoms with E-state index in [0.29, 0.717) is 0 Å². The fraction of sp³-hybridized carbons (Fsp3) is 0.733. The number of nitrogens with one attached hydrogen (secondary N) is 1. The van der Waals surface area contributed by atoms with Crippen LogP contribution in [0.3, 0.4) is 0 Å². The van der Waals surface area contributed by atoms with E-state index >= 15 is 0 Å². The molecule has 1 aliphatic heterocycles. The predicted octanol–water partition coefficient (Wildman–Crippen LogP) is 1.02. The molecule has 1 aromatic heterocycles. The highest BCUT2D eigenvalue weighted by molar-refractivity contribution is 5.80. The van der Waals surface area contributed by atoms with Gasteiger partial charge in [-0.15, -0.1) is 0 Å². The van der Waals surface area contributed by atoms with E-state index in [-0.39, 0.29) is 6.10 Å². The lowest BCUT2D eigenvalue weighted by Gasteiger charge is -2.34. The number of aromatic nitrogens is 2. The van der Waals surface area contributed by atoms with E-state index in [1.165, 1.54) is 6.42 Å². The maximum absolute atomic E-state index is 5.88. The van der Waals surface area contributed by atoms with Gasteiger partial charge < -0.3 is 15.0 Å². The minimum atomic E-state index is 0.0749. The van der Waals surface area contributed by atoms with Crippen LogP contribution in [0.15, 0.2) is 17.4 Å². The average Bonchev–Trinajstić information content (AvgIpc) is 3.02. The van der Waals surface area contributed by atoms with Crippen LogP contribution in [-0.2, 0) is 11.8 Å². The van der Waals surface area contributed by atoms with Crippen molar-refractivity contribution in [2.24, 2.45) is 23.9 Å². The van der Waals surface area contributed by atoms with Gasteiger partial charge in [0.25, 0.3) is 0 Å². The average molecular weight is 291 g/mol.